The third-order valence-corrected chi connectivity index (χ3v) is 4.91. The molecule has 0 saturated heterocycles. The zero-order valence-electron chi connectivity index (χ0n) is 11.1. The Morgan fingerprint density at radius 1 is 1.37 bits per heavy atom. The predicted molar refractivity (Wildman–Crippen MR) is 84.0 cm³/mol. The van der Waals surface area contributed by atoms with E-state index in [0.29, 0.717) is 5.88 Å². The summed E-state index contributed by atoms with van der Waals surface area (Å²) in [5.74, 6) is 1.76. The fourth-order valence-electron chi connectivity index (χ4n) is 3.32. The third kappa shape index (κ3) is 2.31. The number of hydrogen-bond donors (Lipinski definition) is 0. The summed E-state index contributed by atoms with van der Waals surface area (Å²) in [5.41, 5.74) is 2.53. The summed E-state index contributed by atoms with van der Waals surface area (Å²) in [7, 11) is 0. The monoisotopic (exact) mass is 340 g/mol. The Hall–Kier alpha value is -0.540. The molecule has 0 bridgehead atoms. The molecule has 1 aliphatic carbocycles. The van der Waals surface area contributed by atoms with Crippen molar-refractivity contribution in [1.29, 1.82) is 0 Å². The number of alkyl halides is 1. The van der Waals surface area contributed by atoms with Gasteiger partial charge in [0.1, 0.15) is 5.82 Å². The van der Waals surface area contributed by atoms with Crippen LogP contribution < -0.4 is 0 Å². The number of nitrogens with zero attached hydrogens (tertiary/aromatic N) is 2. The zero-order valence-corrected chi connectivity index (χ0v) is 13.5. The van der Waals surface area contributed by atoms with E-state index in [4.69, 9.17) is 16.6 Å². The summed E-state index contributed by atoms with van der Waals surface area (Å²) < 4.78 is 3.53. The van der Waals surface area contributed by atoms with Crippen LogP contribution in [0.25, 0.3) is 11.0 Å². The van der Waals surface area contributed by atoms with Gasteiger partial charge in [0.25, 0.3) is 0 Å². The fraction of sp³-hybridized carbons (Fsp3) is 0.533. The van der Waals surface area contributed by atoms with E-state index >= 15 is 0 Å². The Balaban J connectivity index is 2.21. The maximum atomic E-state index is 5.96. The molecule has 0 unspecified atom stereocenters. The first-order valence-electron chi connectivity index (χ1n) is 6.87. The summed E-state index contributed by atoms with van der Waals surface area (Å²) >= 11 is 9.48. The van der Waals surface area contributed by atoms with E-state index in [-0.39, 0.29) is 5.54 Å². The lowest BCUT2D eigenvalue weighted by Gasteiger charge is -2.28. The van der Waals surface area contributed by atoms with E-state index in [1.165, 1.54) is 31.2 Å². The van der Waals surface area contributed by atoms with Crippen molar-refractivity contribution >= 4 is 38.6 Å². The second kappa shape index (κ2) is 5.10. The molecule has 3 rings (SSSR count). The molecule has 0 N–H and O–H groups in total. The highest BCUT2D eigenvalue weighted by Gasteiger charge is 2.33. The van der Waals surface area contributed by atoms with Crippen molar-refractivity contribution in [3.05, 3.63) is 28.5 Å². The van der Waals surface area contributed by atoms with E-state index in [1.807, 2.05) is 0 Å². The molecule has 0 amide bonds. The molecule has 1 aromatic carbocycles. The van der Waals surface area contributed by atoms with E-state index in [0.717, 1.165) is 22.2 Å². The number of aryl methyl sites for hydroxylation is 1. The highest BCUT2D eigenvalue weighted by molar-refractivity contribution is 9.10. The van der Waals surface area contributed by atoms with Crippen LogP contribution in [0.4, 0.5) is 0 Å². The van der Waals surface area contributed by atoms with Crippen LogP contribution in [-0.2, 0) is 12.0 Å². The maximum Gasteiger partial charge on any atom is 0.111 e. The Kier molecular flexibility index (Phi) is 3.61. The first-order chi connectivity index (χ1) is 9.14. The van der Waals surface area contributed by atoms with Crippen LogP contribution in [0, 0.1) is 0 Å². The van der Waals surface area contributed by atoms with Gasteiger partial charge >= 0.3 is 0 Å². The quantitative estimate of drug-likeness (QED) is 0.728. The molecule has 1 aromatic heterocycles. The van der Waals surface area contributed by atoms with Gasteiger partial charge in [-0.3, -0.25) is 0 Å². The standard InChI is InChI=1S/C15H18BrClN2/c1-15(7-2-3-8-15)19-13-5-4-11(16)10-12(13)18-14(19)6-9-17/h4-5,10H,2-3,6-9H2,1H3. The molecular formula is C15H18BrClN2. The molecule has 1 aliphatic rings. The lowest BCUT2D eigenvalue weighted by atomic mass is 9.99. The lowest BCUT2D eigenvalue weighted by Crippen LogP contribution is -2.28. The topological polar surface area (TPSA) is 17.8 Å². The average Bonchev–Trinajstić information content (AvgIpc) is 2.93. The van der Waals surface area contributed by atoms with Crippen LogP contribution in [0.2, 0.25) is 0 Å². The Morgan fingerprint density at radius 2 is 2.11 bits per heavy atom. The smallest absolute Gasteiger partial charge is 0.111 e. The van der Waals surface area contributed by atoms with Crippen molar-refractivity contribution in [2.45, 2.75) is 44.6 Å². The minimum Gasteiger partial charge on any atom is -0.322 e. The predicted octanol–water partition coefficient (Wildman–Crippen LogP) is 4.87. The molecule has 19 heavy (non-hydrogen) atoms. The van der Waals surface area contributed by atoms with Gasteiger partial charge in [0.05, 0.1) is 11.0 Å². The summed E-state index contributed by atoms with van der Waals surface area (Å²) in [4.78, 5) is 4.80. The molecule has 0 spiro atoms. The second-order valence-corrected chi connectivity index (χ2v) is 6.93. The number of benzene rings is 1. The van der Waals surface area contributed by atoms with Gasteiger partial charge in [-0.05, 0) is 38.0 Å². The highest BCUT2D eigenvalue weighted by atomic mass is 79.9. The summed E-state index contributed by atoms with van der Waals surface area (Å²) in [5, 5.41) is 0. The minimum absolute atomic E-state index is 0.212. The van der Waals surface area contributed by atoms with Crippen molar-refractivity contribution in [1.82, 2.24) is 9.55 Å². The van der Waals surface area contributed by atoms with Gasteiger partial charge in [-0.1, -0.05) is 28.8 Å². The van der Waals surface area contributed by atoms with Gasteiger partial charge in [-0.25, -0.2) is 4.98 Å². The number of hydrogen-bond acceptors (Lipinski definition) is 1. The molecule has 1 saturated carbocycles. The van der Waals surface area contributed by atoms with Crippen LogP contribution in [0.1, 0.15) is 38.4 Å². The Bertz CT molecular complexity index is 599. The number of imidazole rings is 1. The molecule has 102 valence electrons. The van der Waals surface area contributed by atoms with Gasteiger partial charge in [0, 0.05) is 22.3 Å². The van der Waals surface area contributed by atoms with Crippen molar-refractivity contribution < 1.29 is 0 Å². The molecule has 0 aliphatic heterocycles. The van der Waals surface area contributed by atoms with E-state index in [2.05, 4.69) is 45.6 Å². The fourth-order valence-corrected chi connectivity index (χ4v) is 3.84. The summed E-state index contributed by atoms with van der Waals surface area (Å²) in [6.07, 6.45) is 5.94. The van der Waals surface area contributed by atoms with Crippen LogP contribution in [0.5, 0.6) is 0 Å². The normalized spacial score (nSPS) is 18.3. The number of fused-ring (bicyclic) bond motifs is 1. The number of halogens is 2. The summed E-state index contributed by atoms with van der Waals surface area (Å²) in [6.45, 7) is 2.36. The average molecular weight is 342 g/mol. The maximum absolute atomic E-state index is 5.96. The van der Waals surface area contributed by atoms with Crippen LogP contribution in [0.15, 0.2) is 22.7 Å². The molecule has 1 fully saturated rings. The minimum atomic E-state index is 0.212. The Morgan fingerprint density at radius 3 is 2.79 bits per heavy atom. The van der Waals surface area contributed by atoms with E-state index in [1.54, 1.807) is 0 Å². The second-order valence-electron chi connectivity index (χ2n) is 5.64. The molecule has 0 atom stereocenters. The van der Waals surface area contributed by atoms with Crippen molar-refractivity contribution in [2.75, 3.05) is 5.88 Å². The molecule has 2 aromatic rings. The van der Waals surface area contributed by atoms with Crippen LogP contribution in [0.3, 0.4) is 0 Å². The third-order valence-electron chi connectivity index (χ3n) is 4.22. The zero-order chi connectivity index (χ0) is 13.5. The molecule has 2 nitrogen and oxygen atoms in total. The van der Waals surface area contributed by atoms with Gasteiger partial charge in [-0.15, -0.1) is 11.6 Å². The largest absolute Gasteiger partial charge is 0.322 e. The van der Waals surface area contributed by atoms with Crippen LogP contribution >= 0.6 is 27.5 Å². The summed E-state index contributed by atoms with van der Waals surface area (Å²) in [6, 6.07) is 6.37. The van der Waals surface area contributed by atoms with Crippen molar-refractivity contribution in [3.8, 4) is 0 Å². The van der Waals surface area contributed by atoms with Gasteiger partial charge < -0.3 is 4.57 Å². The molecule has 1 heterocycles. The SMILES string of the molecule is CC1(n2c(CCCl)nc3cc(Br)ccc32)CCCC1. The number of aromatic nitrogens is 2. The van der Waals surface area contributed by atoms with Gasteiger partial charge in [0.15, 0.2) is 0 Å². The first kappa shape index (κ1) is 13.4. The molecule has 0 radical (unpaired) electrons. The first-order valence-corrected chi connectivity index (χ1v) is 8.20. The van der Waals surface area contributed by atoms with Crippen molar-refractivity contribution in [2.24, 2.45) is 0 Å². The van der Waals surface area contributed by atoms with Crippen LogP contribution in [-0.4, -0.2) is 15.4 Å². The van der Waals surface area contributed by atoms with Gasteiger partial charge in [0.2, 0.25) is 0 Å². The molecular weight excluding hydrogens is 324 g/mol. The Labute approximate surface area is 127 Å². The van der Waals surface area contributed by atoms with Crippen molar-refractivity contribution in [3.63, 3.8) is 0 Å². The highest BCUT2D eigenvalue weighted by Crippen LogP contribution is 2.39. The lowest BCUT2D eigenvalue weighted by molar-refractivity contribution is 0.329. The van der Waals surface area contributed by atoms with E-state index in [9.17, 15) is 0 Å². The molecule has 4 heteroatoms. The van der Waals surface area contributed by atoms with E-state index < -0.39 is 0 Å². The number of rotatable bonds is 3. The van der Waals surface area contributed by atoms with Gasteiger partial charge in [-0.2, -0.15) is 0 Å².